The highest BCUT2D eigenvalue weighted by Gasteiger charge is 2.21. The predicted octanol–water partition coefficient (Wildman–Crippen LogP) is 4.92. The molecule has 25 heavy (non-hydrogen) atoms. The number of hydrogen-bond donors (Lipinski definition) is 0. The van der Waals surface area contributed by atoms with Gasteiger partial charge < -0.3 is 0 Å². The van der Waals surface area contributed by atoms with Gasteiger partial charge in [0.05, 0.1) is 18.0 Å². The minimum Gasteiger partial charge on any atom is -0.262 e. The molecule has 0 radical (unpaired) electrons. The van der Waals surface area contributed by atoms with Gasteiger partial charge in [-0.05, 0) is 47.1 Å². The van der Waals surface area contributed by atoms with Crippen molar-refractivity contribution in [1.29, 1.82) is 0 Å². The maximum atomic E-state index is 4.30. The molecule has 0 saturated heterocycles. The quantitative estimate of drug-likeness (QED) is 0.621. The summed E-state index contributed by atoms with van der Waals surface area (Å²) in [5.74, 6) is 0.977. The van der Waals surface area contributed by atoms with Gasteiger partial charge in [0.25, 0.3) is 0 Å². The van der Waals surface area contributed by atoms with Gasteiger partial charge in [-0.2, -0.15) is 0 Å². The van der Waals surface area contributed by atoms with Crippen LogP contribution in [0.2, 0.25) is 0 Å². The molecule has 0 aliphatic rings. The number of benzene rings is 1. The van der Waals surface area contributed by atoms with Crippen molar-refractivity contribution in [2.24, 2.45) is 7.05 Å². The Morgan fingerprint density at radius 3 is 2.20 bits per heavy atom. The van der Waals surface area contributed by atoms with E-state index in [1.165, 1.54) is 27.8 Å². The fourth-order valence-corrected chi connectivity index (χ4v) is 3.47. The van der Waals surface area contributed by atoms with Gasteiger partial charge in [-0.1, -0.05) is 45.9 Å². The molecule has 0 saturated carbocycles. The van der Waals surface area contributed by atoms with Gasteiger partial charge in [0.1, 0.15) is 5.69 Å². The molecule has 0 amide bonds. The number of rotatable bonds is 4. The third-order valence-corrected chi connectivity index (χ3v) is 4.85. The zero-order valence-corrected chi connectivity index (χ0v) is 16.1. The van der Waals surface area contributed by atoms with Gasteiger partial charge in [0.2, 0.25) is 6.20 Å². The first kappa shape index (κ1) is 17.4. The Balaban J connectivity index is 2.22. The van der Waals surface area contributed by atoms with E-state index in [2.05, 4.69) is 92.7 Å². The molecule has 130 valence electrons. The summed E-state index contributed by atoms with van der Waals surface area (Å²) in [6.45, 7) is 11.2. The third kappa shape index (κ3) is 3.23. The van der Waals surface area contributed by atoms with Crippen molar-refractivity contribution in [3.8, 4) is 16.8 Å². The van der Waals surface area contributed by atoms with Crippen LogP contribution in [0, 0.1) is 6.92 Å². The number of pyridine rings is 1. The summed E-state index contributed by atoms with van der Waals surface area (Å²) >= 11 is 0. The van der Waals surface area contributed by atoms with Gasteiger partial charge in [0, 0.05) is 6.20 Å². The Labute approximate surface area is 151 Å². The fourth-order valence-electron chi connectivity index (χ4n) is 3.47. The molecule has 3 nitrogen and oxygen atoms in total. The summed E-state index contributed by atoms with van der Waals surface area (Å²) in [4.78, 5) is 4.30. The Morgan fingerprint density at radius 1 is 1.00 bits per heavy atom. The molecular weight excluding hydrogens is 306 g/mol. The van der Waals surface area contributed by atoms with Crippen LogP contribution in [-0.4, -0.2) is 9.67 Å². The minimum atomic E-state index is 0.488. The first-order valence-corrected chi connectivity index (χ1v) is 9.02. The first-order chi connectivity index (χ1) is 11.9. The van der Waals surface area contributed by atoms with E-state index in [0.29, 0.717) is 11.8 Å². The largest absolute Gasteiger partial charge is 0.262 e. The molecule has 0 aliphatic heterocycles. The van der Waals surface area contributed by atoms with E-state index in [9.17, 15) is 0 Å². The first-order valence-electron chi connectivity index (χ1n) is 9.02. The van der Waals surface area contributed by atoms with Crippen molar-refractivity contribution in [3.63, 3.8) is 0 Å². The number of nitrogens with zero attached hydrogens (tertiary/aromatic N) is 3. The highest BCUT2D eigenvalue weighted by atomic mass is 15.4. The number of hydrogen-bond acceptors (Lipinski definition) is 1. The molecule has 0 fully saturated rings. The second-order valence-corrected chi connectivity index (χ2v) is 7.41. The van der Waals surface area contributed by atoms with Crippen LogP contribution >= 0.6 is 0 Å². The lowest BCUT2D eigenvalue weighted by atomic mass is 9.86. The smallest absolute Gasteiger partial charge is 0.203 e. The molecule has 0 N–H and O–H groups in total. The third-order valence-electron chi connectivity index (χ3n) is 4.85. The Kier molecular flexibility index (Phi) is 4.76. The zero-order chi connectivity index (χ0) is 18.1. The van der Waals surface area contributed by atoms with Crippen LogP contribution in [0.25, 0.3) is 16.8 Å². The maximum Gasteiger partial charge on any atom is 0.203 e. The highest BCUT2D eigenvalue weighted by molar-refractivity contribution is 5.71. The Morgan fingerprint density at radius 2 is 1.64 bits per heavy atom. The molecule has 0 unspecified atom stereocenters. The van der Waals surface area contributed by atoms with Gasteiger partial charge in [-0.3, -0.25) is 4.98 Å². The van der Waals surface area contributed by atoms with E-state index >= 15 is 0 Å². The van der Waals surface area contributed by atoms with Crippen molar-refractivity contribution >= 4 is 0 Å². The van der Waals surface area contributed by atoms with Gasteiger partial charge in [-0.15, -0.1) is 9.36 Å². The maximum absolute atomic E-state index is 4.30. The summed E-state index contributed by atoms with van der Waals surface area (Å²) in [6.07, 6.45) is 8.22. The molecule has 2 aromatic heterocycles. The minimum absolute atomic E-state index is 0.488. The SMILES string of the molecule is Cc1ccncc1-n1cc(-c2c(C(C)C)cccc2C(C)C)c[n+]1C. The van der Waals surface area contributed by atoms with Crippen LogP contribution in [0.1, 0.15) is 56.2 Å². The van der Waals surface area contributed by atoms with Crippen molar-refractivity contribution in [3.05, 3.63) is 65.7 Å². The van der Waals surface area contributed by atoms with E-state index in [4.69, 9.17) is 0 Å². The summed E-state index contributed by atoms with van der Waals surface area (Å²) in [5.41, 5.74) is 7.79. The summed E-state index contributed by atoms with van der Waals surface area (Å²) in [5, 5.41) is 0. The summed E-state index contributed by atoms with van der Waals surface area (Å²) in [6, 6.07) is 8.77. The second kappa shape index (κ2) is 6.83. The van der Waals surface area contributed by atoms with Crippen molar-refractivity contribution in [2.75, 3.05) is 0 Å². The lowest BCUT2D eigenvalue weighted by molar-refractivity contribution is -0.744. The van der Waals surface area contributed by atoms with Gasteiger partial charge in [-0.25, -0.2) is 0 Å². The molecule has 0 atom stereocenters. The monoisotopic (exact) mass is 334 g/mol. The lowest BCUT2D eigenvalue weighted by Gasteiger charge is -2.17. The normalized spacial score (nSPS) is 11.5. The second-order valence-electron chi connectivity index (χ2n) is 7.41. The zero-order valence-electron chi connectivity index (χ0n) is 16.1. The molecule has 3 aromatic rings. The van der Waals surface area contributed by atoms with E-state index < -0.39 is 0 Å². The Hall–Kier alpha value is -2.42. The van der Waals surface area contributed by atoms with E-state index in [-0.39, 0.29) is 0 Å². The predicted molar refractivity (Wildman–Crippen MR) is 103 cm³/mol. The average molecular weight is 334 g/mol. The Bertz CT molecular complexity index is 862. The van der Waals surface area contributed by atoms with Crippen molar-refractivity contribution < 1.29 is 4.68 Å². The van der Waals surface area contributed by atoms with Crippen LogP contribution in [0.3, 0.4) is 0 Å². The van der Waals surface area contributed by atoms with E-state index in [1.807, 2.05) is 12.4 Å². The lowest BCUT2D eigenvalue weighted by Crippen LogP contribution is -2.37. The standard InChI is InChI=1S/C22H28N3/c1-15(2)19-8-7-9-20(16(3)4)22(19)18-13-24(6)25(14-18)21-12-23-11-10-17(21)5/h7-16H,1-6H3/q+1. The van der Waals surface area contributed by atoms with E-state index in [1.54, 1.807) is 0 Å². The van der Waals surface area contributed by atoms with Gasteiger partial charge in [0.15, 0.2) is 7.05 Å². The summed E-state index contributed by atoms with van der Waals surface area (Å²) < 4.78 is 4.32. The van der Waals surface area contributed by atoms with Crippen LogP contribution < -0.4 is 4.68 Å². The average Bonchev–Trinajstić information content (AvgIpc) is 2.95. The van der Waals surface area contributed by atoms with Gasteiger partial charge >= 0.3 is 0 Å². The van der Waals surface area contributed by atoms with Crippen LogP contribution in [0.5, 0.6) is 0 Å². The molecule has 3 rings (SSSR count). The van der Waals surface area contributed by atoms with Crippen molar-refractivity contribution in [1.82, 2.24) is 9.67 Å². The topological polar surface area (TPSA) is 21.7 Å². The van der Waals surface area contributed by atoms with Crippen LogP contribution in [-0.2, 0) is 7.05 Å². The molecule has 0 aliphatic carbocycles. The highest BCUT2D eigenvalue weighted by Crippen LogP contribution is 2.35. The molecular formula is C22H28N3+. The number of aryl methyl sites for hydroxylation is 2. The number of aromatic nitrogens is 3. The summed E-state index contributed by atoms with van der Waals surface area (Å²) in [7, 11) is 2.09. The van der Waals surface area contributed by atoms with Crippen LogP contribution in [0.15, 0.2) is 49.1 Å². The van der Waals surface area contributed by atoms with Crippen molar-refractivity contribution in [2.45, 2.75) is 46.5 Å². The molecule has 0 bridgehead atoms. The van der Waals surface area contributed by atoms with Crippen LogP contribution in [0.4, 0.5) is 0 Å². The fraction of sp³-hybridized carbons (Fsp3) is 0.364. The molecule has 0 spiro atoms. The van der Waals surface area contributed by atoms with E-state index in [0.717, 1.165) is 5.69 Å². The molecule has 2 heterocycles. The molecule has 1 aromatic carbocycles. The molecule has 3 heteroatoms.